The SMILES string of the molecule is CC(C(=O)O)N(C(=O)C1C=CC(NC(=O)OCC2c3ccccc3-c3ccccc32)C1)C1CC1. The fraction of sp³-hybridized carbons (Fsp3) is 0.370. The first-order valence-corrected chi connectivity index (χ1v) is 11.8. The lowest BCUT2D eigenvalue weighted by atomic mass is 9.98. The number of ether oxygens (including phenoxy) is 1. The summed E-state index contributed by atoms with van der Waals surface area (Å²) in [6, 6.07) is 15.1. The van der Waals surface area contributed by atoms with Crippen molar-refractivity contribution in [2.24, 2.45) is 5.92 Å². The van der Waals surface area contributed by atoms with E-state index in [1.54, 1.807) is 19.1 Å². The summed E-state index contributed by atoms with van der Waals surface area (Å²) in [5, 5.41) is 12.2. The number of fused-ring (bicyclic) bond motifs is 3. The molecule has 0 saturated heterocycles. The molecule has 0 heterocycles. The molecule has 1 saturated carbocycles. The standard InChI is InChI=1S/C27H28N2O5/c1-16(26(31)32)29(19-12-13-19)25(30)17-10-11-18(14-17)28-27(33)34-15-24-22-8-4-2-6-20(22)21-7-3-5-9-23(21)24/h2-11,16-19,24H,12-15H2,1H3,(H,28,33)(H,31,32). The zero-order valence-electron chi connectivity index (χ0n) is 19.0. The zero-order valence-corrected chi connectivity index (χ0v) is 19.0. The molecule has 3 unspecified atom stereocenters. The first-order chi connectivity index (χ1) is 16.4. The lowest BCUT2D eigenvalue weighted by Gasteiger charge is -2.29. The maximum absolute atomic E-state index is 13.0. The highest BCUT2D eigenvalue weighted by atomic mass is 16.5. The monoisotopic (exact) mass is 460 g/mol. The van der Waals surface area contributed by atoms with E-state index < -0.39 is 24.0 Å². The van der Waals surface area contributed by atoms with Gasteiger partial charge in [-0.2, -0.15) is 0 Å². The molecule has 2 aromatic carbocycles. The predicted molar refractivity (Wildman–Crippen MR) is 126 cm³/mol. The van der Waals surface area contributed by atoms with E-state index in [0.717, 1.165) is 24.0 Å². The molecule has 3 atom stereocenters. The summed E-state index contributed by atoms with van der Waals surface area (Å²) in [7, 11) is 0. The lowest BCUT2D eigenvalue weighted by Crippen LogP contribution is -2.47. The molecule has 0 aliphatic heterocycles. The molecule has 2 N–H and O–H groups in total. The summed E-state index contributed by atoms with van der Waals surface area (Å²) in [4.78, 5) is 38.5. The average Bonchev–Trinajstić information content (AvgIpc) is 3.47. The first-order valence-electron chi connectivity index (χ1n) is 11.8. The summed E-state index contributed by atoms with van der Waals surface area (Å²) in [6.45, 7) is 1.77. The molecule has 2 aromatic rings. The Morgan fingerprint density at radius 3 is 2.24 bits per heavy atom. The minimum atomic E-state index is -1.00. The normalized spacial score (nSPS) is 21.4. The summed E-state index contributed by atoms with van der Waals surface area (Å²) in [5.74, 6) is -1.65. The number of aliphatic carboxylic acids is 1. The van der Waals surface area contributed by atoms with Gasteiger partial charge in [-0.25, -0.2) is 9.59 Å². The summed E-state index contributed by atoms with van der Waals surface area (Å²) in [5.41, 5.74) is 4.64. The Bertz CT molecular complexity index is 1110. The molecule has 3 aliphatic carbocycles. The van der Waals surface area contributed by atoms with Crippen LogP contribution in [-0.4, -0.2) is 52.7 Å². The molecule has 5 rings (SSSR count). The van der Waals surface area contributed by atoms with Gasteiger partial charge in [-0.1, -0.05) is 60.7 Å². The summed E-state index contributed by atoms with van der Waals surface area (Å²) >= 11 is 0. The number of amides is 2. The van der Waals surface area contributed by atoms with Gasteiger partial charge in [0.15, 0.2) is 0 Å². The molecule has 1 fully saturated rings. The van der Waals surface area contributed by atoms with Crippen LogP contribution in [0, 0.1) is 5.92 Å². The second-order valence-corrected chi connectivity index (χ2v) is 9.29. The number of rotatable bonds is 7. The van der Waals surface area contributed by atoms with Crippen LogP contribution < -0.4 is 5.32 Å². The Morgan fingerprint density at radius 2 is 1.65 bits per heavy atom. The largest absolute Gasteiger partial charge is 0.480 e. The maximum Gasteiger partial charge on any atom is 0.407 e. The van der Waals surface area contributed by atoms with Gasteiger partial charge in [-0.05, 0) is 48.4 Å². The number of hydrogen-bond donors (Lipinski definition) is 2. The molecular weight excluding hydrogens is 432 g/mol. The van der Waals surface area contributed by atoms with Gasteiger partial charge in [0.05, 0.1) is 12.0 Å². The molecule has 0 aromatic heterocycles. The number of carboxylic acids is 1. The van der Waals surface area contributed by atoms with E-state index in [1.165, 1.54) is 16.0 Å². The minimum absolute atomic E-state index is 0.00106. The molecule has 0 radical (unpaired) electrons. The fourth-order valence-corrected chi connectivity index (χ4v) is 5.13. The van der Waals surface area contributed by atoms with Crippen LogP contribution in [0.1, 0.15) is 43.2 Å². The number of carbonyl (C=O) groups excluding carboxylic acids is 2. The van der Waals surface area contributed by atoms with Crippen molar-refractivity contribution in [2.75, 3.05) is 6.61 Å². The molecular formula is C27H28N2O5. The van der Waals surface area contributed by atoms with E-state index >= 15 is 0 Å². The van der Waals surface area contributed by atoms with Crippen LogP contribution in [0.4, 0.5) is 4.79 Å². The van der Waals surface area contributed by atoms with Crippen LogP contribution in [0.3, 0.4) is 0 Å². The minimum Gasteiger partial charge on any atom is -0.480 e. The van der Waals surface area contributed by atoms with Crippen LogP contribution in [0.15, 0.2) is 60.7 Å². The van der Waals surface area contributed by atoms with Gasteiger partial charge >= 0.3 is 12.1 Å². The number of alkyl carbamates (subject to hydrolysis) is 1. The third-order valence-corrected chi connectivity index (χ3v) is 7.02. The van der Waals surface area contributed by atoms with Crippen molar-refractivity contribution in [3.05, 3.63) is 71.8 Å². The van der Waals surface area contributed by atoms with Crippen molar-refractivity contribution in [3.8, 4) is 11.1 Å². The highest BCUT2D eigenvalue weighted by molar-refractivity contribution is 5.87. The average molecular weight is 461 g/mol. The van der Waals surface area contributed by atoms with Gasteiger partial charge in [0.1, 0.15) is 12.6 Å². The molecule has 0 bridgehead atoms. The van der Waals surface area contributed by atoms with Crippen molar-refractivity contribution in [2.45, 2.75) is 50.2 Å². The van der Waals surface area contributed by atoms with E-state index in [4.69, 9.17) is 4.74 Å². The van der Waals surface area contributed by atoms with Crippen LogP contribution >= 0.6 is 0 Å². The quantitative estimate of drug-likeness (QED) is 0.611. The van der Waals surface area contributed by atoms with Crippen molar-refractivity contribution in [1.82, 2.24) is 10.2 Å². The smallest absolute Gasteiger partial charge is 0.407 e. The Balaban J connectivity index is 1.17. The molecule has 0 spiro atoms. The van der Waals surface area contributed by atoms with E-state index in [-0.39, 0.29) is 30.5 Å². The van der Waals surface area contributed by atoms with E-state index in [2.05, 4.69) is 29.6 Å². The van der Waals surface area contributed by atoms with Crippen molar-refractivity contribution in [1.29, 1.82) is 0 Å². The molecule has 2 amide bonds. The third-order valence-electron chi connectivity index (χ3n) is 7.02. The van der Waals surface area contributed by atoms with Gasteiger partial charge in [0, 0.05) is 12.0 Å². The third kappa shape index (κ3) is 4.18. The molecule has 34 heavy (non-hydrogen) atoms. The number of hydrogen-bond acceptors (Lipinski definition) is 4. The van der Waals surface area contributed by atoms with Crippen molar-refractivity contribution >= 4 is 18.0 Å². The molecule has 176 valence electrons. The molecule has 7 heteroatoms. The highest BCUT2D eigenvalue weighted by Gasteiger charge is 2.41. The Labute approximate surface area is 198 Å². The predicted octanol–water partition coefficient (Wildman–Crippen LogP) is 3.93. The Hall–Kier alpha value is -3.61. The first kappa shape index (κ1) is 22.2. The van der Waals surface area contributed by atoms with E-state index in [9.17, 15) is 19.5 Å². The Kier molecular flexibility index (Phi) is 5.86. The van der Waals surface area contributed by atoms with Gasteiger partial charge in [0.2, 0.25) is 5.91 Å². The number of nitrogens with zero attached hydrogens (tertiary/aromatic N) is 1. The van der Waals surface area contributed by atoms with Gasteiger partial charge < -0.3 is 20.1 Å². The van der Waals surface area contributed by atoms with Gasteiger partial charge in [-0.15, -0.1) is 0 Å². The Morgan fingerprint density at radius 1 is 1.03 bits per heavy atom. The maximum atomic E-state index is 13.0. The van der Waals surface area contributed by atoms with Crippen LogP contribution in [-0.2, 0) is 14.3 Å². The van der Waals surface area contributed by atoms with E-state index in [1.807, 2.05) is 24.3 Å². The highest BCUT2D eigenvalue weighted by Crippen LogP contribution is 2.44. The zero-order chi connectivity index (χ0) is 23.8. The summed E-state index contributed by atoms with van der Waals surface area (Å²) < 4.78 is 5.61. The number of benzene rings is 2. The topological polar surface area (TPSA) is 95.9 Å². The second-order valence-electron chi connectivity index (χ2n) is 9.29. The molecule has 3 aliphatic rings. The number of carbonyl (C=O) groups is 3. The number of nitrogens with one attached hydrogen (secondary N) is 1. The van der Waals surface area contributed by atoms with Crippen LogP contribution in [0.5, 0.6) is 0 Å². The lowest BCUT2D eigenvalue weighted by molar-refractivity contribution is -0.151. The van der Waals surface area contributed by atoms with Crippen LogP contribution in [0.25, 0.3) is 11.1 Å². The van der Waals surface area contributed by atoms with Crippen molar-refractivity contribution in [3.63, 3.8) is 0 Å². The second kappa shape index (κ2) is 8.97. The number of carboxylic acid groups (broad SMARTS) is 1. The van der Waals surface area contributed by atoms with Gasteiger partial charge in [-0.3, -0.25) is 4.79 Å². The fourth-order valence-electron chi connectivity index (χ4n) is 5.13. The molecule has 7 nitrogen and oxygen atoms in total. The van der Waals surface area contributed by atoms with Crippen molar-refractivity contribution < 1.29 is 24.2 Å². The van der Waals surface area contributed by atoms with Gasteiger partial charge in [0.25, 0.3) is 0 Å². The van der Waals surface area contributed by atoms with Crippen LogP contribution in [0.2, 0.25) is 0 Å². The summed E-state index contributed by atoms with van der Waals surface area (Å²) in [6.07, 6.45) is 5.10. The van der Waals surface area contributed by atoms with E-state index in [0.29, 0.717) is 6.42 Å².